The number of benzene rings is 2. The number of ether oxygens (including phenoxy) is 2. The Bertz CT molecular complexity index is 1050. The van der Waals surface area contributed by atoms with Crippen molar-refractivity contribution >= 4 is 28.9 Å². The summed E-state index contributed by atoms with van der Waals surface area (Å²) >= 11 is 0. The van der Waals surface area contributed by atoms with E-state index in [0.717, 1.165) is 0 Å². The van der Waals surface area contributed by atoms with Crippen LogP contribution in [-0.4, -0.2) is 30.2 Å². The number of carbonyl (C=O) groups is 1. The number of rotatable bonds is 4. The molecule has 0 aromatic heterocycles. The lowest BCUT2D eigenvalue weighted by Crippen LogP contribution is -2.12. The van der Waals surface area contributed by atoms with Crippen LogP contribution in [0.4, 0.5) is 11.4 Å². The molecule has 8 heteroatoms. The van der Waals surface area contributed by atoms with Gasteiger partial charge in [0, 0.05) is 28.8 Å². The Morgan fingerprint density at radius 1 is 1.10 bits per heavy atom. The summed E-state index contributed by atoms with van der Waals surface area (Å²) in [6, 6.07) is 6.30. The predicted molar refractivity (Wildman–Crippen MR) is 110 cm³/mol. The second-order valence-corrected chi connectivity index (χ2v) is 7.71. The molecular weight excluding hydrogens is 376 g/mol. The third-order valence-corrected chi connectivity index (χ3v) is 4.79. The number of nitrogens with one attached hydrogen (secondary N) is 1. The monoisotopic (exact) mass is 398 g/mol. The summed E-state index contributed by atoms with van der Waals surface area (Å²) in [7, 11) is 2.98. The van der Waals surface area contributed by atoms with Crippen molar-refractivity contribution in [1.82, 2.24) is 0 Å². The SMILES string of the molecule is COc1cc2c(cc1OC)/C(=C/c1cc(C(C)(C)C)cc([N+](=O)[O-])c1O)C(=O)N2. The van der Waals surface area contributed by atoms with E-state index in [4.69, 9.17) is 9.47 Å². The van der Waals surface area contributed by atoms with Crippen molar-refractivity contribution in [2.24, 2.45) is 0 Å². The molecule has 0 unspecified atom stereocenters. The molecule has 2 aromatic rings. The van der Waals surface area contributed by atoms with Gasteiger partial charge in [-0.15, -0.1) is 0 Å². The van der Waals surface area contributed by atoms with E-state index in [1.807, 2.05) is 20.8 Å². The van der Waals surface area contributed by atoms with Gasteiger partial charge < -0.3 is 19.9 Å². The first kappa shape index (κ1) is 20.2. The number of nitro benzene ring substituents is 1. The van der Waals surface area contributed by atoms with E-state index in [0.29, 0.717) is 28.3 Å². The summed E-state index contributed by atoms with van der Waals surface area (Å²) in [5.41, 5.74) is 1.40. The van der Waals surface area contributed by atoms with Crippen molar-refractivity contribution in [3.63, 3.8) is 0 Å². The number of carbonyl (C=O) groups excluding carboxylic acids is 1. The van der Waals surface area contributed by atoms with Gasteiger partial charge in [0.25, 0.3) is 5.91 Å². The number of aromatic hydroxyl groups is 1. The molecule has 0 atom stereocenters. The number of nitrogens with zero attached hydrogens (tertiary/aromatic N) is 1. The molecule has 1 heterocycles. The van der Waals surface area contributed by atoms with Gasteiger partial charge in [-0.2, -0.15) is 0 Å². The minimum Gasteiger partial charge on any atom is -0.502 e. The number of fused-ring (bicyclic) bond motifs is 1. The molecule has 2 N–H and O–H groups in total. The number of hydrogen-bond acceptors (Lipinski definition) is 6. The lowest BCUT2D eigenvalue weighted by atomic mass is 9.85. The van der Waals surface area contributed by atoms with Crippen molar-refractivity contribution in [3.8, 4) is 17.2 Å². The van der Waals surface area contributed by atoms with E-state index in [1.165, 1.54) is 26.4 Å². The number of phenolic OH excluding ortho intramolecular Hbond substituents is 1. The normalized spacial score (nSPS) is 14.5. The molecule has 1 aliphatic rings. The maximum Gasteiger partial charge on any atom is 0.311 e. The van der Waals surface area contributed by atoms with Crippen molar-refractivity contribution in [2.75, 3.05) is 19.5 Å². The summed E-state index contributed by atoms with van der Waals surface area (Å²) in [5, 5.41) is 24.6. The molecule has 1 amide bonds. The fraction of sp³-hybridized carbons (Fsp3) is 0.286. The van der Waals surface area contributed by atoms with Crippen LogP contribution < -0.4 is 14.8 Å². The Balaban J connectivity index is 2.23. The molecule has 2 aromatic carbocycles. The van der Waals surface area contributed by atoms with Gasteiger partial charge in [0.05, 0.1) is 24.8 Å². The zero-order chi connectivity index (χ0) is 21.5. The van der Waals surface area contributed by atoms with Crippen LogP contribution in [0, 0.1) is 10.1 Å². The second kappa shape index (κ2) is 7.12. The fourth-order valence-electron chi connectivity index (χ4n) is 3.14. The summed E-state index contributed by atoms with van der Waals surface area (Å²) in [6.07, 6.45) is 1.45. The Morgan fingerprint density at radius 3 is 2.28 bits per heavy atom. The van der Waals surface area contributed by atoms with Crippen molar-refractivity contribution < 1.29 is 24.3 Å². The van der Waals surface area contributed by atoms with Crippen LogP contribution in [-0.2, 0) is 10.2 Å². The minimum absolute atomic E-state index is 0.192. The van der Waals surface area contributed by atoms with Crippen LogP contribution in [0.25, 0.3) is 11.6 Å². The highest BCUT2D eigenvalue weighted by Crippen LogP contribution is 2.43. The number of nitro groups is 1. The van der Waals surface area contributed by atoms with Crippen LogP contribution in [0.2, 0.25) is 0 Å². The van der Waals surface area contributed by atoms with Gasteiger partial charge in [-0.3, -0.25) is 14.9 Å². The minimum atomic E-state index is -0.636. The number of phenols is 1. The highest BCUT2D eigenvalue weighted by Gasteiger charge is 2.29. The van der Waals surface area contributed by atoms with Gasteiger partial charge >= 0.3 is 5.69 Å². The van der Waals surface area contributed by atoms with E-state index in [9.17, 15) is 20.0 Å². The maximum absolute atomic E-state index is 12.6. The number of amides is 1. The van der Waals surface area contributed by atoms with E-state index in [2.05, 4.69) is 5.32 Å². The Hall–Kier alpha value is -3.55. The zero-order valence-corrected chi connectivity index (χ0v) is 16.8. The van der Waals surface area contributed by atoms with Crippen molar-refractivity contribution in [3.05, 3.63) is 51.1 Å². The standard InChI is InChI=1S/C21H22N2O6/c1-21(2,3)12-6-11(19(24)16(8-12)23(26)27)7-14-13-9-17(28-4)18(29-5)10-15(13)22-20(14)25/h6-10,24H,1-5H3,(H,22,25)/b14-7-. The Labute approximate surface area is 167 Å². The quantitative estimate of drug-likeness (QED) is 0.456. The molecule has 29 heavy (non-hydrogen) atoms. The molecule has 0 spiro atoms. The molecule has 152 valence electrons. The van der Waals surface area contributed by atoms with E-state index < -0.39 is 27.7 Å². The van der Waals surface area contributed by atoms with Crippen LogP contribution in [0.5, 0.6) is 17.2 Å². The third-order valence-electron chi connectivity index (χ3n) is 4.79. The zero-order valence-electron chi connectivity index (χ0n) is 16.8. The topological polar surface area (TPSA) is 111 Å². The molecule has 0 aliphatic carbocycles. The highest BCUT2D eigenvalue weighted by atomic mass is 16.6. The summed E-state index contributed by atoms with van der Waals surface area (Å²) < 4.78 is 10.6. The summed E-state index contributed by atoms with van der Waals surface area (Å²) in [4.78, 5) is 23.4. The first-order chi connectivity index (χ1) is 13.6. The molecule has 3 rings (SSSR count). The molecule has 0 saturated heterocycles. The Kier molecular flexibility index (Phi) is 4.96. The van der Waals surface area contributed by atoms with Crippen LogP contribution >= 0.6 is 0 Å². The fourth-order valence-corrected chi connectivity index (χ4v) is 3.14. The molecule has 0 fully saturated rings. The van der Waals surface area contributed by atoms with Crippen molar-refractivity contribution in [1.29, 1.82) is 0 Å². The molecule has 0 saturated carbocycles. The van der Waals surface area contributed by atoms with E-state index >= 15 is 0 Å². The largest absolute Gasteiger partial charge is 0.502 e. The first-order valence-electron chi connectivity index (χ1n) is 8.88. The molecule has 0 radical (unpaired) electrons. The molecule has 8 nitrogen and oxygen atoms in total. The number of hydrogen-bond donors (Lipinski definition) is 2. The summed E-state index contributed by atoms with van der Waals surface area (Å²) in [6.45, 7) is 5.73. The molecule has 0 bridgehead atoms. The van der Waals surface area contributed by atoms with Gasteiger partial charge in [-0.25, -0.2) is 0 Å². The van der Waals surface area contributed by atoms with Crippen LogP contribution in [0.1, 0.15) is 37.5 Å². The number of anilines is 1. The third kappa shape index (κ3) is 3.61. The second-order valence-electron chi connectivity index (χ2n) is 7.71. The predicted octanol–water partition coefficient (Wildman–Crippen LogP) is 4.11. The first-order valence-corrected chi connectivity index (χ1v) is 8.88. The van der Waals surface area contributed by atoms with Crippen LogP contribution in [0.15, 0.2) is 24.3 Å². The molecular formula is C21H22N2O6. The van der Waals surface area contributed by atoms with Gasteiger partial charge in [0.1, 0.15) is 0 Å². The smallest absolute Gasteiger partial charge is 0.311 e. The van der Waals surface area contributed by atoms with Crippen molar-refractivity contribution in [2.45, 2.75) is 26.2 Å². The molecule has 1 aliphatic heterocycles. The van der Waals surface area contributed by atoms with Crippen LogP contribution in [0.3, 0.4) is 0 Å². The van der Waals surface area contributed by atoms with Gasteiger partial charge in [-0.05, 0) is 29.2 Å². The maximum atomic E-state index is 12.6. The van der Waals surface area contributed by atoms with E-state index in [-0.39, 0.29) is 11.1 Å². The summed E-state index contributed by atoms with van der Waals surface area (Å²) in [5.74, 6) is 0.0176. The average Bonchev–Trinajstić information content (AvgIpc) is 2.95. The van der Waals surface area contributed by atoms with E-state index in [1.54, 1.807) is 18.2 Å². The lowest BCUT2D eigenvalue weighted by Gasteiger charge is -2.20. The number of methoxy groups -OCH3 is 2. The van der Waals surface area contributed by atoms with Gasteiger partial charge in [0.15, 0.2) is 11.5 Å². The highest BCUT2D eigenvalue weighted by molar-refractivity contribution is 6.35. The lowest BCUT2D eigenvalue weighted by molar-refractivity contribution is -0.386. The Morgan fingerprint density at radius 2 is 1.72 bits per heavy atom. The van der Waals surface area contributed by atoms with Gasteiger partial charge in [0.2, 0.25) is 5.75 Å². The van der Waals surface area contributed by atoms with Gasteiger partial charge in [-0.1, -0.05) is 20.8 Å². The average molecular weight is 398 g/mol.